The molecule has 0 atom stereocenters. The first-order valence-corrected chi connectivity index (χ1v) is 4.66. The zero-order valence-corrected chi connectivity index (χ0v) is 8.25. The van der Waals surface area contributed by atoms with Crippen LogP contribution in [0.1, 0.15) is 25.8 Å². The van der Waals surface area contributed by atoms with Gasteiger partial charge in [-0.1, -0.05) is 30.7 Å². The van der Waals surface area contributed by atoms with Crippen LogP contribution < -0.4 is 0 Å². The highest BCUT2D eigenvalue weighted by Crippen LogP contribution is 2.13. The van der Waals surface area contributed by atoms with Gasteiger partial charge < -0.3 is 5.11 Å². The van der Waals surface area contributed by atoms with E-state index in [0.29, 0.717) is 5.75 Å². The Balaban J connectivity index is 2.64. The molecule has 70 valence electrons. The van der Waals surface area contributed by atoms with Crippen molar-refractivity contribution in [3.63, 3.8) is 0 Å². The summed E-state index contributed by atoms with van der Waals surface area (Å²) in [6.07, 6.45) is 4.30. The number of rotatable bonds is 3. The van der Waals surface area contributed by atoms with Crippen molar-refractivity contribution in [2.45, 2.75) is 26.7 Å². The Hall–Kier alpha value is -1.24. The molecule has 0 aliphatic rings. The summed E-state index contributed by atoms with van der Waals surface area (Å²) in [5, 5.41) is 9.08. The average molecular weight is 176 g/mol. The van der Waals surface area contributed by atoms with Crippen molar-refractivity contribution in [1.82, 2.24) is 0 Å². The summed E-state index contributed by atoms with van der Waals surface area (Å²) in [5.41, 5.74) is 2.63. The van der Waals surface area contributed by atoms with Crippen LogP contribution in [0.2, 0.25) is 0 Å². The molecule has 0 aliphatic carbocycles. The van der Waals surface area contributed by atoms with E-state index in [1.165, 1.54) is 11.1 Å². The standard InChI is InChI=1S/C12H16O/c1-3-4-10(2)9-11-5-7-12(13)8-6-11/h4-8,13H,3,9H2,1-2H3. The van der Waals surface area contributed by atoms with E-state index in [1.54, 1.807) is 12.1 Å². The molecule has 0 aromatic heterocycles. The number of allylic oxidation sites excluding steroid dienone is 2. The van der Waals surface area contributed by atoms with E-state index in [2.05, 4.69) is 19.9 Å². The van der Waals surface area contributed by atoms with E-state index in [1.807, 2.05) is 12.1 Å². The van der Waals surface area contributed by atoms with Crippen LogP contribution in [-0.4, -0.2) is 5.11 Å². The lowest BCUT2D eigenvalue weighted by molar-refractivity contribution is 0.475. The largest absolute Gasteiger partial charge is 0.508 e. The van der Waals surface area contributed by atoms with Crippen molar-refractivity contribution in [1.29, 1.82) is 0 Å². The molecule has 0 spiro atoms. The molecule has 1 heteroatoms. The van der Waals surface area contributed by atoms with Crippen LogP contribution in [0.5, 0.6) is 5.75 Å². The second-order valence-electron chi connectivity index (χ2n) is 3.30. The highest BCUT2D eigenvalue weighted by molar-refractivity contribution is 5.28. The van der Waals surface area contributed by atoms with Gasteiger partial charge in [-0.15, -0.1) is 0 Å². The van der Waals surface area contributed by atoms with Crippen LogP contribution in [0.4, 0.5) is 0 Å². The molecule has 0 bridgehead atoms. The Bertz CT molecular complexity index is 282. The van der Waals surface area contributed by atoms with Crippen molar-refractivity contribution < 1.29 is 5.11 Å². The fourth-order valence-electron chi connectivity index (χ4n) is 1.36. The smallest absolute Gasteiger partial charge is 0.115 e. The Labute approximate surface area is 79.7 Å². The maximum absolute atomic E-state index is 9.08. The van der Waals surface area contributed by atoms with Crippen LogP contribution in [0.25, 0.3) is 0 Å². The number of hydrogen-bond acceptors (Lipinski definition) is 1. The first-order chi connectivity index (χ1) is 6.22. The minimum atomic E-state index is 0.334. The van der Waals surface area contributed by atoms with Crippen LogP contribution in [0, 0.1) is 0 Å². The lowest BCUT2D eigenvalue weighted by atomic mass is 10.1. The van der Waals surface area contributed by atoms with Crippen LogP contribution in [0.3, 0.4) is 0 Å². The Morgan fingerprint density at radius 3 is 2.46 bits per heavy atom. The van der Waals surface area contributed by atoms with Gasteiger partial charge in [0, 0.05) is 0 Å². The van der Waals surface area contributed by atoms with Crippen LogP contribution in [-0.2, 0) is 6.42 Å². The topological polar surface area (TPSA) is 20.2 Å². The molecule has 0 heterocycles. The molecule has 0 saturated carbocycles. The van der Waals surface area contributed by atoms with Gasteiger partial charge in [0.1, 0.15) is 5.75 Å². The third-order valence-electron chi connectivity index (χ3n) is 1.97. The van der Waals surface area contributed by atoms with Gasteiger partial charge in [-0.3, -0.25) is 0 Å². The van der Waals surface area contributed by atoms with Gasteiger partial charge in [0.25, 0.3) is 0 Å². The third-order valence-corrected chi connectivity index (χ3v) is 1.97. The quantitative estimate of drug-likeness (QED) is 0.701. The molecule has 0 saturated heterocycles. The Kier molecular flexibility index (Phi) is 3.56. The minimum absolute atomic E-state index is 0.334. The minimum Gasteiger partial charge on any atom is -0.508 e. The van der Waals surface area contributed by atoms with Gasteiger partial charge in [0.2, 0.25) is 0 Å². The third kappa shape index (κ3) is 3.32. The molecule has 0 unspecified atom stereocenters. The summed E-state index contributed by atoms with van der Waals surface area (Å²) >= 11 is 0. The monoisotopic (exact) mass is 176 g/mol. The summed E-state index contributed by atoms with van der Waals surface area (Å²) in [4.78, 5) is 0. The van der Waals surface area contributed by atoms with E-state index in [-0.39, 0.29) is 0 Å². The average Bonchev–Trinajstić information content (AvgIpc) is 2.09. The highest BCUT2D eigenvalue weighted by Gasteiger charge is 1.94. The molecule has 1 aromatic carbocycles. The number of hydrogen-bond donors (Lipinski definition) is 1. The number of aromatic hydroxyl groups is 1. The van der Waals surface area contributed by atoms with Crippen LogP contribution in [0.15, 0.2) is 35.9 Å². The normalized spacial score (nSPS) is 11.7. The number of phenolic OH excluding ortho intramolecular Hbond substituents is 1. The highest BCUT2D eigenvalue weighted by atomic mass is 16.3. The van der Waals surface area contributed by atoms with E-state index >= 15 is 0 Å². The predicted octanol–water partition coefficient (Wildman–Crippen LogP) is 3.29. The second kappa shape index (κ2) is 4.70. The van der Waals surface area contributed by atoms with Gasteiger partial charge in [-0.2, -0.15) is 0 Å². The molecular formula is C12H16O. The van der Waals surface area contributed by atoms with Gasteiger partial charge in [0.15, 0.2) is 0 Å². The summed E-state index contributed by atoms with van der Waals surface area (Å²) in [6, 6.07) is 7.38. The van der Waals surface area contributed by atoms with E-state index in [9.17, 15) is 0 Å². The zero-order chi connectivity index (χ0) is 9.68. The van der Waals surface area contributed by atoms with Crippen molar-refractivity contribution in [2.75, 3.05) is 0 Å². The molecule has 0 aliphatic heterocycles. The molecule has 1 rings (SSSR count). The first kappa shape index (κ1) is 9.85. The molecule has 1 N–H and O–H groups in total. The molecule has 1 aromatic rings. The zero-order valence-electron chi connectivity index (χ0n) is 8.25. The molecule has 0 amide bonds. The molecule has 0 fully saturated rings. The predicted molar refractivity (Wildman–Crippen MR) is 55.9 cm³/mol. The summed E-state index contributed by atoms with van der Waals surface area (Å²) in [5.74, 6) is 0.334. The van der Waals surface area contributed by atoms with E-state index in [4.69, 9.17) is 5.11 Å². The van der Waals surface area contributed by atoms with Crippen molar-refractivity contribution >= 4 is 0 Å². The molecular weight excluding hydrogens is 160 g/mol. The van der Waals surface area contributed by atoms with Crippen molar-refractivity contribution in [2.24, 2.45) is 0 Å². The van der Waals surface area contributed by atoms with E-state index < -0.39 is 0 Å². The Morgan fingerprint density at radius 2 is 1.92 bits per heavy atom. The molecule has 13 heavy (non-hydrogen) atoms. The summed E-state index contributed by atoms with van der Waals surface area (Å²) < 4.78 is 0. The van der Waals surface area contributed by atoms with Crippen molar-refractivity contribution in [3.8, 4) is 5.75 Å². The first-order valence-electron chi connectivity index (χ1n) is 4.66. The summed E-state index contributed by atoms with van der Waals surface area (Å²) in [6.45, 7) is 4.27. The molecule has 0 radical (unpaired) electrons. The lowest BCUT2D eigenvalue weighted by Crippen LogP contribution is -1.85. The van der Waals surface area contributed by atoms with Gasteiger partial charge in [0.05, 0.1) is 0 Å². The van der Waals surface area contributed by atoms with Crippen molar-refractivity contribution in [3.05, 3.63) is 41.5 Å². The van der Waals surface area contributed by atoms with E-state index in [0.717, 1.165) is 12.8 Å². The lowest BCUT2D eigenvalue weighted by Gasteiger charge is -2.01. The second-order valence-corrected chi connectivity index (χ2v) is 3.30. The fraction of sp³-hybridized carbons (Fsp3) is 0.333. The van der Waals surface area contributed by atoms with Gasteiger partial charge >= 0.3 is 0 Å². The SMILES string of the molecule is CCC=C(C)Cc1ccc(O)cc1. The van der Waals surface area contributed by atoms with Gasteiger partial charge in [-0.05, 0) is 37.5 Å². The summed E-state index contributed by atoms with van der Waals surface area (Å²) in [7, 11) is 0. The Morgan fingerprint density at radius 1 is 1.31 bits per heavy atom. The maximum Gasteiger partial charge on any atom is 0.115 e. The van der Waals surface area contributed by atoms with Gasteiger partial charge in [-0.25, -0.2) is 0 Å². The number of phenols is 1. The van der Waals surface area contributed by atoms with Crippen LogP contribution >= 0.6 is 0 Å². The number of benzene rings is 1. The fourth-order valence-corrected chi connectivity index (χ4v) is 1.36. The molecule has 1 nitrogen and oxygen atoms in total. The maximum atomic E-state index is 9.08.